The first-order chi connectivity index (χ1) is 19.9. The van der Waals surface area contributed by atoms with Crippen LogP contribution in [0, 0.1) is 10.1 Å². The molecule has 0 spiro atoms. The maximum absolute atomic E-state index is 12.8. The number of fused-ring (bicyclic) bond motifs is 1. The van der Waals surface area contributed by atoms with E-state index in [4.69, 9.17) is 25.4 Å². The molecule has 2 aliphatic carbocycles. The molecular weight excluding hydrogens is 597 g/mol. The Morgan fingerprint density at radius 2 is 1.63 bits per heavy atom. The number of likely N-dealkylation sites (tertiary alicyclic amines) is 1. The van der Waals surface area contributed by atoms with Gasteiger partial charge in [0.2, 0.25) is 11.7 Å². The number of ether oxygens (including phenoxy) is 1. The Kier molecular flexibility index (Phi) is 10.9. The van der Waals surface area contributed by atoms with Crippen LogP contribution in [0.25, 0.3) is 11.2 Å². The zero-order valence-corrected chi connectivity index (χ0v) is 25.5. The maximum atomic E-state index is 12.8. The van der Waals surface area contributed by atoms with E-state index in [1.165, 1.54) is 25.0 Å². The first kappa shape index (κ1) is 32.5. The number of anilines is 2. The third-order valence-corrected chi connectivity index (χ3v) is 8.60. The first-order valence-electron chi connectivity index (χ1n) is 14.7. The Labute approximate surface area is 262 Å². The highest BCUT2D eigenvalue weighted by Gasteiger charge is 2.28. The van der Waals surface area contributed by atoms with E-state index in [1.54, 1.807) is 17.0 Å². The lowest BCUT2D eigenvalue weighted by Crippen LogP contribution is -2.43. The fourth-order valence-electron chi connectivity index (χ4n) is 6.23. The average Bonchev–Trinajstić information content (AvgIpc) is 3.65. The number of carbonyl (C=O) groups excluding carboxylic acids is 1. The van der Waals surface area contributed by atoms with Crippen LogP contribution in [0.4, 0.5) is 22.2 Å². The zero-order chi connectivity index (χ0) is 28.3. The summed E-state index contributed by atoms with van der Waals surface area (Å²) < 4.78 is 7.59. The molecule has 2 aromatic heterocycles. The second kappa shape index (κ2) is 14.4. The van der Waals surface area contributed by atoms with Gasteiger partial charge in [-0.2, -0.15) is 9.97 Å². The lowest BCUT2D eigenvalue weighted by atomic mass is 9.92. The first-order valence-corrected chi connectivity index (χ1v) is 14.7. The van der Waals surface area contributed by atoms with E-state index in [-0.39, 0.29) is 54.4 Å². The number of hydrogen-bond donors (Lipinski definition) is 3. The molecule has 0 atom stereocenters. The van der Waals surface area contributed by atoms with E-state index >= 15 is 0 Å². The van der Waals surface area contributed by atoms with E-state index in [1.807, 2.05) is 6.33 Å². The van der Waals surface area contributed by atoms with Crippen molar-refractivity contribution >= 4 is 59.5 Å². The number of imidazole rings is 1. The third-order valence-electron chi connectivity index (χ3n) is 8.60. The van der Waals surface area contributed by atoms with Crippen LogP contribution in [0.3, 0.4) is 0 Å². The number of nitrogens with two attached hydrogens (primary N) is 1. The van der Waals surface area contributed by atoms with Gasteiger partial charge >= 0.3 is 11.8 Å². The second-order valence-corrected chi connectivity index (χ2v) is 11.4. The van der Waals surface area contributed by atoms with E-state index in [9.17, 15) is 14.9 Å². The standard InChI is InChI=1S/C28H37N9O4.2ClH/c29-18-9-11-19(12-10-18)32-27-33-25(24-26(34-27)36(17-30-24)21-5-1-2-6-21)31-20-13-15-35(16-14-20)28(38)41-23-8-4-3-7-22(23)37(39)40;;/h3-4,7-8,17-21H,1-2,5-6,9-16,29H2,(H2,31,32,33,34);2*1H/t18-,19-;;. The normalized spacial score (nSPS) is 21.1. The highest BCUT2D eigenvalue weighted by Crippen LogP contribution is 2.34. The average molecular weight is 637 g/mol. The molecule has 0 radical (unpaired) electrons. The fraction of sp³-hybridized carbons (Fsp3) is 0.571. The van der Waals surface area contributed by atoms with Gasteiger partial charge in [-0.15, -0.1) is 24.8 Å². The van der Waals surface area contributed by atoms with Crippen molar-refractivity contribution in [3.63, 3.8) is 0 Å². The topological polar surface area (TPSA) is 166 Å². The summed E-state index contributed by atoms with van der Waals surface area (Å²) in [5, 5.41) is 18.4. The number of nitro benzene ring substituents is 1. The lowest BCUT2D eigenvalue weighted by Gasteiger charge is -2.32. The number of nitro groups is 1. The predicted octanol–water partition coefficient (Wildman–Crippen LogP) is 5.45. The van der Waals surface area contributed by atoms with Crippen molar-refractivity contribution < 1.29 is 14.5 Å². The van der Waals surface area contributed by atoms with Crippen LogP contribution in [-0.2, 0) is 0 Å². The summed E-state index contributed by atoms with van der Waals surface area (Å²) in [6, 6.07) is 6.93. The summed E-state index contributed by atoms with van der Waals surface area (Å²) in [6.45, 7) is 0.907. The molecule has 0 bridgehead atoms. The second-order valence-electron chi connectivity index (χ2n) is 11.4. The molecule has 3 aliphatic rings. The number of halogens is 2. The van der Waals surface area contributed by atoms with Gasteiger partial charge in [0, 0.05) is 43.3 Å². The van der Waals surface area contributed by atoms with Crippen molar-refractivity contribution in [2.45, 2.75) is 88.4 Å². The minimum absolute atomic E-state index is 0. The summed E-state index contributed by atoms with van der Waals surface area (Å²) in [5.74, 6) is 1.25. The Balaban J connectivity index is 0.00000212. The van der Waals surface area contributed by atoms with Crippen molar-refractivity contribution in [3.05, 3.63) is 40.7 Å². The van der Waals surface area contributed by atoms with Gasteiger partial charge in [0.15, 0.2) is 17.0 Å². The molecule has 1 amide bonds. The number of nitrogens with one attached hydrogen (secondary N) is 2. The van der Waals surface area contributed by atoms with Crippen LogP contribution in [0.2, 0.25) is 0 Å². The number of amides is 1. The zero-order valence-electron chi connectivity index (χ0n) is 23.9. The number of carbonyl (C=O) groups is 1. The van der Waals surface area contributed by atoms with Crippen molar-refractivity contribution in [2.24, 2.45) is 5.73 Å². The van der Waals surface area contributed by atoms with Crippen LogP contribution in [-0.4, -0.2) is 66.7 Å². The molecule has 4 N–H and O–H groups in total. The third kappa shape index (κ3) is 7.39. The maximum Gasteiger partial charge on any atom is 0.415 e. The highest BCUT2D eigenvalue weighted by molar-refractivity contribution is 5.86. The van der Waals surface area contributed by atoms with Crippen molar-refractivity contribution in [3.8, 4) is 5.75 Å². The molecule has 3 fully saturated rings. The molecule has 234 valence electrons. The summed E-state index contributed by atoms with van der Waals surface area (Å²) >= 11 is 0. The van der Waals surface area contributed by atoms with E-state index < -0.39 is 11.0 Å². The molecule has 6 rings (SSSR count). The van der Waals surface area contributed by atoms with Crippen LogP contribution in [0.15, 0.2) is 30.6 Å². The predicted molar refractivity (Wildman–Crippen MR) is 169 cm³/mol. The molecule has 2 saturated carbocycles. The van der Waals surface area contributed by atoms with Crippen LogP contribution in [0.1, 0.15) is 70.3 Å². The van der Waals surface area contributed by atoms with Crippen LogP contribution >= 0.6 is 24.8 Å². The fourth-order valence-corrected chi connectivity index (χ4v) is 6.23. The number of benzene rings is 1. The summed E-state index contributed by atoms with van der Waals surface area (Å²) in [4.78, 5) is 39.6. The minimum atomic E-state index is -0.587. The van der Waals surface area contributed by atoms with E-state index in [2.05, 4.69) is 15.2 Å². The number of rotatable bonds is 7. The Bertz CT molecular complexity index is 1400. The Hall–Kier alpha value is -3.42. The van der Waals surface area contributed by atoms with Gasteiger partial charge < -0.3 is 30.6 Å². The molecule has 43 heavy (non-hydrogen) atoms. The van der Waals surface area contributed by atoms with Crippen molar-refractivity contribution in [1.29, 1.82) is 0 Å². The molecule has 1 aliphatic heterocycles. The number of hydrogen-bond acceptors (Lipinski definition) is 10. The smallest absolute Gasteiger partial charge is 0.403 e. The molecule has 1 aromatic carbocycles. The van der Waals surface area contributed by atoms with Gasteiger partial charge in [-0.25, -0.2) is 9.78 Å². The lowest BCUT2D eigenvalue weighted by molar-refractivity contribution is -0.385. The van der Waals surface area contributed by atoms with Gasteiger partial charge in [0.25, 0.3) is 0 Å². The molecule has 3 heterocycles. The minimum Gasteiger partial charge on any atom is -0.403 e. The summed E-state index contributed by atoms with van der Waals surface area (Å²) in [6.07, 6.45) is 11.3. The summed E-state index contributed by atoms with van der Waals surface area (Å²) in [7, 11) is 0. The summed E-state index contributed by atoms with van der Waals surface area (Å²) in [5.41, 5.74) is 7.48. The number of aromatic nitrogens is 4. The van der Waals surface area contributed by atoms with Crippen LogP contribution < -0.4 is 21.1 Å². The van der Waals surface area contributed by atoms with Gasteiger partial charge in [0.05, 0.1) is 11.3 Å². The Morgan fingerprint density at radius 3 is 2.33 bits per heavy atom. The molecule has 1 saturated heterocycles. The van der Waals surface area contributed by atoms with Crippen molar-refractivity contribution in [1.82, 2.24) is 24.4 Å². The molecule has 13 nitrogen and oxygen atoms in total. The molecular formula is C28H39Cl2N9O4. The van der Waals surface area contributed by atoms with Gasteiger partial charge in [0.1, 0.15) is 0 Å². The van der Waals surface area contributed by atoms with Gasteiger partial charge in [-0.3, -0.25) is 10.1 Å². The van der Waals surface area contributed by atoms with Crippen molar-refractivity contribution in [2.75, 3.05) is 23.7 Å². The largest absolute Gasteiger partial charge is 0.415 e. The molecule has 15 heteroatoms. The number of para-hydroxylation sites is 2. The van der Waals surface area contributed by atoms with Crippen LogP contribution in [0.5, 0.6) is 5.75 Å². The van der Waals surface area contributed by atoms with E-state index in [0.29, 0.717) is 43.7 Å². The SMILES string of the molecule is Cl.Cl.N[C@H]1CC[C@H](Nc2nc(NC3CCN(C(=O)Oc4ccccc4[N+](=O)[O-])CC3)c3ncn(C4CCCC4)c3n2)CC1. The quantitative estimate of drug-likeness (QED) is 0.224. The van der Waals surface area contributed by atoms with E-state index in [0.717, 1.165) is 49.7 Å². The number of nitrogens with zero attached hydrogens (tertiary/aromatic N) is 6. The monoisotopic (exact) mass is 635 g/mol. The highest BCUT2D eigenvalue weighted by atomic mass is 35.5. The van der Waals surface area contributed by atoms with Gasteiger partial charge in [-0.05, 0) is 57.4 Å². The van der Waals surface area contributed by atoms with Gasteiger partial charge in [-0.1, -0.05) is 25.0 Å². The number of piperidine rings is 1. The Morgan fingerprint density at radius 1 is 0.953 bits per heavy atom. The molecule has 3 aromatic rings. The molecule has 0 unspecified atom stereocenters.